The van der Waals surface area contributed by atoms with Crippen LogP contribution in [-0.4, -0.2) is 32.7 Å². The Kier molecular flexibility index (Phi) is 3.46. The molecule has 1 saturated heterocycles. The third kappa shape index (κ3) is 2.10. The van der Waals surface area contributed by atoms with Crippen molar-refractivity contribution in [3.05, 3.63) is 23.3 Å². The van der Waals surface area contributed by atoms with Gasteiger partial charge in [-0.2, -0.15) is 0 Å². The molecule has 1 aliphatic rings. The summed E-state index contributed by atoms with van der Waals surface area (Å²) in [6.07, 6.45) is 4.69. The minimum absolute atomic E-state index is 0.105. The van der Waals surface area contributed by atoms with E-state index < -0.39 is 0 Å². The Labute approximate surface area is 119 Å². The fourth-order valence-corrected chi connectivity index (χ4v) is 3.54. The summed E-state index contributed by atoms with van der Waals surface area (Å²) in [5.41, 5.74) is 2.28. The van der Waals surface area contributed by atoms with Crippen LogP contribution in [0.5, 0.6) is 0 Å². The van der Waals surface area contributed by atoms with Crippen LogP contribution in [0.3, 0.4) is 0 Å². The predicted octanol–water partition coefficient (Wildman–Crippen LogP) is 2.16. The van der Waals surface area contributed by atoms with Gasteiger partial charge < -0.3 is 5.32 Å². The largest absolute Gasteiger partial charge is 0.316 e. The van der Waals surface area contributed by atoms with Crippen LogP contribution in [0.4, 0.5) is 0 Å². The minimum Gasteiger partial charge on any atom is -0.316 e. The van der Waals surface area contributed by atoms with Gasteiger partial charge in [0, 0.05) is 23.3 Å². The van der Waals surface area contributed by atoms with Gasteiger partial charge in [0.1, 0.15) is 5.82 Å². The zero-order chi connectivity index (χ0) is 14.2. The van der Waals surface area contributed by atoms with Crippen molar-refractivity contribution in [1.29, 1.82) is 0 Å². The van der Waals surface area contributed by atoms with Crippen LogP contribution in [0.15, 0.2) is 6.07 Å². The van der Waals surface area contributed by atoms with E-state index in [4.69, 9.17) is 0 Å². The Morgan fingerprint density at radius 1 is 1.35 bits per heavy atom. The average Bonchev–Trinajstić information content (AvgIpc) is 2.84. The molecule has 0 amide bonds. The Hall–Kier alpha value is -1.49. The summed E-state index contributed by atoms with van der Waals surface area (Å²) >= 11 is 0. The summed E-state index contributed by atoms with van der Waals surface area (Å²) < 4.78 is 2.15. The number of nitrogens with one attached hydrogen (secondary N) is 1. The molecule has 1 fully saturated rings. The molecule has 2 aromatic rings. The number of hydrogen-bond acceptors (Lipinski definition) is 4. The lowest BCUT2D eigenvalue weighted by molar-refractivity contribution is 0.273. The van der Waals surface area contributed by atoms with E-state index in [-0.39, 0.29) is 5.41 Å². The predicted molar refractivity (Wildman–Crippen MR) is 78.9 cm³/mol. The molecule has 0 spiro atoms. The van der Waals surface area contributed by atoms with Crippen LogP contribution in [0.2, 0.25) is 0 Å². The smallest absolute Gasteiger partial charge is 0.255 e. The standard InChI is InChI=1S/C15H23N5/c1-4-6-15(7-5-8-16-10-15)13-18-19-14-17-11(2)9-12(3)20(13)14/h9,16H,4-8,10H2,1-3H3. The lowest BCUT2D eigenvalue weighted by atomic mass is 9.76. The van der Waals surface area contributed by atoms with Gasteiger partial charge in [-0.05, 0) is 45.7 Å². The summed E-state index contributed by atoms with van der Waals surface area (Å²) in [7, 11) is 0. The minimum atomic E-state index is 0.105. The first kappa shape index (κ1) is 13.5. The molecule has 0 saturated carbocycles. The average molecular weight is 273 g/mol. The number of rotatable bonds is 3. The van der Waals surface area contributed by atoms with Gasteiger partial charge in [0.15, 0.2) is 0 Å². The maximum Gasteiger partial charge on any atom is 0.255 e. The van der Waals surface area contributed by atoms with E-state index in [1.807, 2.05) is 6.92 Å². The molecule has 1 unspecified atom stereocenters. The van der Waals surface area contributed by atoms with Crippen molar-refractivity contribution >= 4 is 5.78 Å². The molecule has 1 N–H and O–H groups in total. The van der Waals surface area contributed by atoms with E-state index in [0.29, 0.717) is 0 Å². The molecule has 0 radical (unpaired) electrons. The molecular formula is C15H23N5. The van der Waals surface area contributed by atoms with Gasteiger partial charge >= 0.3 is 0 Å². The van der Waals surface area contributed by atoms with E-state index in [2.05, 4.69) is 44.8 Å². The highest BCUT2D eigenvalue weighted by molar-refractivity contribution is 5.35. The molecule has 3 heterocycles. The molecule has 0 aliphatic carbocycles. The summed E-state index contributed by atoms with van der Waals surface area (Å²) in [4.78, 5) is 4.51. The van der Waals surface area contributed by atoms with Gasteiger partial charge in [-0.3, -0.25) is 4.40 Å². The van der Waals surface area contributed by atoms with E-state index in [9.17, 15) is 0 Å². The van der Waals surface area contributed by atoms with Crippen LogP contribution in [-0.2, 0) is 5.41 Å². The Bertz CT molecular complexity index is 604. The van der Waals surface area contributed by atoms with Crippen molar-refractivity contribution in [2.24, 2.45) is 0 Å². The molecule has 5 nitrogen and oxygen atoms in total. The van der Waals surface area contributed by atoms with Gasteiger partial charge in [0.25, 0.3) is 5.78 Å². The van der Waals surface area contributed by atoms with Gasteiger partial charge in [0.05, 0.1) is 0 Å². The summed E-state index contributed by atoms with van der Waals surface area (Å²) in [6, 6.07) is 2.11. The van der Waals surface area contributed by atoms with Crippen molar-refractivity contribution < 1.29 is 0 Å². The molecule has 0 bridgehead atoms. The normalized spacial score (nSPS) is 23.4. The maximum absolute atomic E-state index is 4.52. The highest BCUT2D eigenvalue weighted by atomic mass is 15.3. The number of aryl methyl sites for hydroxylation is 2. The zero-order valence-electron chi connectivity index (χ0n) is 12.6. The van der Waals surface area contributed by atoms with Crippen molar-refractivity contribution in [3.63, 3.8) is 0 Å². The molecule has 1 atom stereocenters. The van der Waals surface area contributed by atoms with Crippen molar-refractivity contribution in [3.8, 4) is 0 Å². The molecule has 0 aromatic carbocycles. The first-order chi connectivity index (χ1) is 9.66. The number of piperidine rings is 1. The lowest BCUT2D eigenvalue weighted by Gasteiger charge is -2.36. The van der Waals surface area contributed by atoms with E-state index in [0.717, 1.165) is 43.2 Å². The highest BCUT2D eigenvalue weighted by Crippen LogP contribution is 2.35. The topological polar surface area (TPSA) is 55.1 Å². The van der Waals surface area contributed by atoms with Crippen molar-refractivity contribution in [2.45, 2.75) is 51.9 Å². The second-order valence-corrected chi connectivity index (χ2v) is 6.01. The van der Waals surface area contributed by atoms with Gasteiger partial charge in [-0.1, -0.05) is 13.3 Å². The Morgan fingerprint density at radius 3 is 2.90 bits per heavy atom. The number of fused-ring (bicyclic) bond motifs is 1. The molecule has 3 rings (SSSR count). The number of aromatic nitrogens is 4. The van der Waals surface area contributed by atoms with Crippen LogP contribution >= 0.6 is 0 Å². The maximum atomic E-state index is 4.52. The third-order valence-electron chi connectivity index (χ3n) is 4.37. The van der Waals surface area contributed by atoms with Crippen molar-refractivity contribution in [1.82, 2.24) is 24.9 Å². The summed E-state index contributed by atoms with van der Waals surface area (Å²) in [5.74, 6) is 1.82. The molecule has 108 valence electrons. The second-order valence-electron chi connectivity index (χ2n) is 6.01. The Morgan fingerprint density at radius 2 is 2.20 bits per heavy atom. The summed E-state index contributed by atoms with van der Waals surface area (Å²) in [6.45, 7) is 8.47. The number of hydrogen-bond donors (Lipinski definition) is 1. The second kappa shape index (κ2) is 5.13. The quantitative estimate of drug-likeness (QED) is 0.931. The third-order valence-corrected chi connectivity index (χ3v) is 4.37. The Balaban J connectivity index is 2.16. The first-order valence-corrected chi connectivity index (χ1v) is 7.57. The van der Waals surface area contributed by atoms with Crippen LogP contribution in [0.25, 0.3) is 5.78 Å². The fourth-order valence-electron chi connectivity index (χ4n) is 3.54. The zero-order valence-corrected chi connectivity index (χ0v) is 12.6. The van der Waals surface area contributed by atoms with Crippen LogP contribution < -0.4 is 5.32 Å². The monoisotopic (exact) mass is 273 g/mol. The SMILES string of the molecule is CCCC1(c2nnc3nc(C)cc(C)n23)CCCNC1. The first-order valence-electron chi connectivity index (χ1n) is 7.57. The molecule has 5 heteroatoms. The van der Waals surface area contributed by atoms with Gasteiger partial charge in [-0.15, -0.1) is 10.2 Å². The molecule has 2 aromatic heterocycles. The molecule has 1 aliphatic heterocycles. The molecular weight excluding hydrogens is 250 g/mol. The van der Waals surface area contributed by atoms with Gasteiger partial charge in [-0.25, -0.2) is 4.98 Å². The van der Waals surface area contributed by atoms with E-state index >= 15 is 0 Å². The van der Waals surface area contributed by atoms with E-state index in [1.54, 1.807) is 0 Å². The highest BCUT2D eigenvalue weighted by Gasteiger charge is 2.37. The van der Waals surface area contributed by atoms with Crippen molar-refractivity contribution in [2.75, 3.05) is 13.1 Å². The molecule has 20 heavy (non-hydrogen) atoms. The lowest BCUT2D eigenvalue weighted by Crippen LogP contribution is -2.44. The van der Waals surface area contributed by atoms with E-state index in [1.165, 1.54) is 18.5 Å². The summed E-state index contributed by atoms with van der Waals surface area (Å²) in [5, 5.41) is 12.4. The fraction of sp³-hybridized carbons (Fsp3) is 0.667. The van der Waals surface area contributed by atoms with Crippen LogP contribution in [0, 0.1) is 13.8 Å². The van der Waals surface area contributed by atoms with Gasteiger partial charge in [0.2, 0.25) is 0 Å². The van der Waals surface area contributed by atoms with Crippen LogP contribution in [0.1, 0.15) is 49.8 Å². The number of nitrogens with zero attached hydrogens (tertiary/aromatic N) is 4.